The molecule has 0 radical (unpaired) electrons. The molecule has 0 aromatic rings. The van der Waals surface area contributed by atoms with E-state index in [0.29, 0.717) is 34.7 Å². The molecule has 1 aliphatic carbocycles. The van der Waals surface area contributed by atoms with Crippen molar-refractivity contribution < 1.29 is 9.53 Å². The van der Waals surface area contributed by atoms with Crippen molar-refractivity contribution in [3.05, 3.63) is 0 Å². The lowest BCUT2D eigenvalue weighted by atomic mass is 9.59. The molecule has 2 aliphatic heterocycles. The number of ether oxygens (including phenoxy) is 1. The number of carbonyl (C=O) groups is 1. The zero-order valence-corrected chi connectivity index (χ0v) is 25.0. The first-order valence-corrected chi connectivity index (χ1v) is 14.7. The third-order valence-electron chi connectivity index (χ3n) is 11.1. The van der Waals surface area contributed by atoms with Crippen molar-refractivity contribution in [2.75, 3.05) is 45.9 Å². The van der Waals surface area contributed by atoms with E-state index in [1.807, 2.05) is 6.92 Å². The van der Waals surface area contributed by atoms with Crippen molar-refractivity contribution in [2.45, 2.75) is 101 Å². The van der Waals surface area contributed by atoms with E-state index >= 15 is 0 Å². The van der Waals surface area contributed by atoms with Gasteiger partial charge < -0.3 is 14.5 Å². The van der Waals surface area contributed by atoms with Crippen LogP contribution in [-0.4, -0.2) is 61.6 Å². The molecular weight excluding hydrogens is 432 g/mol. The average molecular weight is 491 g/mol. The van der Waals surface area contributed by atoms with Gasteiger partial charge in [0.15, 0.2) is 0 Å². The largest absolute Gasteiger partial charge is 0.466 e. The van der Waals surface area contributed by atoms with Gasteiger partial charge in [0.2, 0.25) is 0 Å². The summed E-state index contributed by atoms with van der Waals surface area (Å²) < 4.78 is 5.57. The molecule has 0 N–H and O–H groups in total. The van der Waals surface area contributed by atoms with Crippen molar-refractivity contribution in [1.29, 1.82) is 0 Å². The Morgan fingerprint density at radius 2 is 1.40 bits per heavy atom. The highest BCUT2D eigenvalue weighted by Crippen LogP contribution is 2.59. The maximum Gasteiger partial charge on any atom is 0.309 e. The zero-order chi connectivity index (χ0) is 26.2. The van der Waals surface area contributed by atoms with Gasteiger partial charge in [0.1, 0.15) is 0 Å². The first-order chi connectivity index (χ1) is 16.1. The van der Waals surface area contributed by atoms with Gasteiger partial charge in [-0.2, -0.15) is 0 Å². The molecule has 0 amide bonds. The molecule has 0 bridgehead atoms. The van der Waals surface area contributed by atoms with E-state index in [-0.39, 0.29) is 17.3 Å². The number of rotatable bonds is 9. The number of hydrogen-bond acceptors (Lipinski definition) is 4. The topological polar surface area (TPSA) is 32.8 Å². The fourth-order valence-corrected chi connectivity index (χ4v) is 7.10. The smallest absolute Gasteiger partial charge is 0.309 e. The molecule has 3 rings (SSSR count). The first-order valence-electron chi connectivity index (χ1n) is 14.7. The van der Waals surface area contributed by atoms with Crippen LogP contribution in [0.3, 0.4) is 0 Å². The second-order valence-electron chi connectivity index (χ2n) is 15.1. The Balaban J connectivity index is 1.62. The molecule has 3 fully saturated rings. The van der Waals surface area contributed by atoms with Gasteiger partial charge in [-0.05, 0) is 105 Å². The van der Waals surface area contributed by atoms with Crippen LogP contribution in [0, 0.1) is 45.3 Å². The van der Waals surface area contributed by atoms with Crippen molar-refractivity contribution in [2.24, 2.45) is 45.3 Å². The van der Waals surface area contributed by atoms with E-state index in [4.69, 9.17) is 4.74 Å². The van der Waals surface area contributed by atoms with Crippen molar-refractivity contribution in [1.82, 2.24) is 9.80 Å². The molecule has 0 spiro atoms. The molecule has 204 valence electrons. The zero-order valence-electron chi connectivity index (χ0n) is 25.0. The summed E-state index contributed by atoms with van der Waals surface area (Å²) in [6, 6.07) is 0. The van der Waals surface area contributed by atoms with E-state index in [2.05, 4.69) is 72.1 Å². The summed E-state index contributed by atoms with van der Waals surface area (Å²) in [6.45, 7) is 31.3. The predicted molar refractivity (Wildman–Crippen MR) is 147 cm³/mol. The van der Waals surface area contributed by atoms with Gasteiger partial charge >= 0.3 is 5.97 Å². The lowest BCUT2D eigenvalue weighted by Crippen LogP contribution is -2.47. The highest BCUT2D eigenvalue weighted by atomic mass is 16.5. The summed E-state index contributed by atoms with van der Waals surface area (Å²) in [6.07, 6.45) is 6.20. The lowest BCUT2D eigenvalue weighted by molar-refractivity contribution is -0.145. The number of piperidine rings is 2. The monoisotopic (exact) mass is 490 g/mol. The van der Waals surface area contributed by atoms with Crippen LogP contribution >= 0.6 is 0 Å². The van der Waals surface area contributed by atoms with Crippen LogP contribution in [0.2, 0.25) is 0 Å². The standard InChI is InChI=1S/C31H58N2O2/c1-11-35-27(34)26-24(25(26)22-33-16-12-30(9,13-17-33)28(4,5)6)20-29(7,8)31(10)14-18-32(19-15-31)21-23(2)3/h23-26H,11-22H2,1-10H3. The number of esters is 1. The minimum atomic E-state index is 0.0618. The van der Waals surface area contributed by atoms with Crippen molar-refractivity contribution >= 4 is 5.97 Å². The van der Waals surface area contributed by atoms with Gasteiger partial charge in [-0.25, -0.2) is 0 Å². The van der Waals surface area contributed by atoms with Gasteiger partial charge in [0.25, 0.3) is 0 Å². The summed E-state index contributed by atoms with van der Waals surface area (Å²) in [7, 11) is 0. The Morgan fingerprint density at radius 1 is 0.886 bits per heavy atom. The minimum Gasteiger partial charge on any atom is -0.466 e. The molecule has 3 atom stereocenters. The number of hydrogen-bond donors (Lipinski definition) is 0. The SMILES string of the molecule is CCOC(=O)C1C(CN2CCC(C)(C(C)(C)C)CC2)C1CC(C)(C)C1(C)CCN(CC(C)C)CC1. The maximum atomic E-state index is 12.9. The Hall–Kier alpha value is -0.610. The summed E-state index contributed by atoms with van der Waals surface area (Å²) >= 11 is 0. The molecule has 3 unspecified atom stereocenters. The van der Waals surface area contributed by atoms with Gasteiger partial charge in [-0.15, -0.1) is 0 Å². The maximum absolute atomic E-state index is 12.9. The molecule has 0 aromatic heterocycles. The summed E-state index contributed by atoms with van der Waals surface area (Å²) in [4.78, 5) is 18.3. The summed E-state index contributed by atoms with van der Waals surface area (Å²) in [5, 5.41) is 0. The highest BCUT2D eigenvalue weighted by Gasteiger charge is 2.59. The van der Waals surface area contributed by atoms with Crippen LogP contribution in [-0.2, 0) is 9.53 Å². The van der Waals surface area contributed by atoms with Crippen LogP contribution in [0.5, 0.6) is 0 Å². The van der Waals surface area contributed by atoms with E-state index < -0.39 is 0 Å². The van der Waals surface area contributed by atoms with E-state index in [9.17, 15) is 4.79 Å². The van der Waals surface area contributed by atoms with Crippen molar-refractivity contribution in [3.63, 3.8) is 0 Å². The van der Waals surface area contributed by atoms with Gasteiger partial charge in [-0.1, -0.05) is 62.3 Å². The molecule has 35 heavy (non-hydrogen) atoms. The van der Waals surface area contributed by atoms with Gasteiger partial charge in [0, 0.05) is 13.1 Å². The summed E-state index contributed by atoms with van der Waals surface area (Å²) in [5.74, 6) is 1.85. The molecule has 2 saturated heterocycles. The molecule has 0 aromatic carbocycles. The predicted octanol–water partition coefficient (Wildman–Crippen LogP) is 6.73. The Bertz CT molecular complexity index is 706. The highest BCUT2D eigenvalue weighted by molar-refractivity contribution is 5.76. The van der Waals surface area contributed by atoms with Gasteiger partial charge in [-0.3, -0.25) is 4.79 Å². The molecule has 4 nitrogen and oxygen atoms in total. The number of likely N-dealkylation sites (tertiary alicyclic amines) is 2. The van der Waals surface area contributed by atoms with Crippen LogP contribution in [0.1, 0.15) is 101 Å². The lowest BCUT2D eigenvalue weighted by Gasteiger charge is -2.50. The normalized spacial score (nSPS) is 29.9. The fourth-order valence-electron chi connectivity index (χ4n) is 7.10. The molecule has 2 heterocycles. The molecular formula is C31H58N2O2. The van der Waals surface area contributed by atoms with Crippen LogP contribution in [0.4, 0.5) is 0 Å². The van der Waals surface area contributed by atoms with Crippen molar-refractivity contribution in [3.8, 4) is 0 Å². The Labute approximate surface area is 217 Å². The number of carbonyl (C=O) groups excluding carboxylic acids is 1. The second-order valence-corrected chi connectivity index (χ2v) is 15.1. The van der Waals surface area contributed by atoms with E-state index in [1.54, 1.807) is 0 Å². The molecule has 3 aliphatic rings. The quantitative estimate of drug-likeness (QED) is 0.335. The third kappa shape index (κ3) is 6.46. The van der Waals surface area contributed by atoms with Crippen LogP contribution in [0.25, 0.3) is 0 Å². The van der Waals surface area contributed by atoms with Crippen LogP contribution in [0.15, 0.2) is 0 Å². The molecule has 1 saturated carbocycles. The Morgan fingerprint density at radius 3 is 1.89 bits per heavy atom. The van der Waals surface area contributed by atoms with E-state index in [0.717, 1.165) is 18.9 Å². The Kier molecular flexibility index (Phi) is 8.80. The second kappa shape index (κ2) is 10.6. The molecule has 4 heteroatoms. The third-order valence-corrected chi connectivity index (χ3v) is 11.1. The first kappa shape index (κ1) is 29.0. The number of nitrogens with zero attached hydrogens (tertiary/aromatic N) is 2. The van der Waals surface area contributed by atoms with Gasteiger partial charge in [0.05, 0.1) is 12.5 Å². The fraction of sp³-hybridized carbons (Fsp3) is 0.968. The summed E-state index contributed by atoms with van der Waals surface area (Å²) in [5.41, 5.74) is 1.33. The van der Waals surface area contributed by atoms with Crippen LogP contribution < -0.4 is 0 Å². The minimum absolute atomic E-state index is 0.0618. The average Bonchev–Trinajstić information content (AvgIpc) is 3.41. The van der Waals surface area contributed by atoms with E-state index in [1.165, 1.54) is 58.4 Å².